The van der Waals surface area contributed by atoms with E-state index < -0.39 is 0 Å². The fourth-order valence-electron chi connectivity index (χ4n) is 8.70. The first-order valence-electron chi connectivity index (χ1n) is 19.2. The lowest BCUT2D eigenvalue weighted by atomic mass is 10.0. The Morgan fingerprint density at radius 2 is 0.982 bits per heavy atom. The van der Waals surface area contributed by atoms with E-state index >= 15 is 0 Å². The van der Waals surface area contributed by atoms with Gasteiger partial charge in [-0.1, -0.05) is 115 Å². The Kier molecular flexibility index (Phi) is 6.83. The molecule has 0 spiro atoms. The summed E-state index contributed by atoms with van der Waals surface area (Å²) in [5, 5.41) is 3.45. The predicted octanol–water partition coefficient (Wildman–Crippen LogP) is 12.5. The molecule has 0 saturated heterocycles. The van der Waals surface area contributed by atoms with Crippen LogP contribution in [0.25, 0.3) is 106 Å². The summed E-state index contributed by atoms with van der Waals surface area (Å²) in [4.78, 5) is 15.3. The zero-order valence-corrected chi connectivity index (χ0v) is 30.7. The molecule has 57 heavy (non-hydrogen) atoms. The van der Waals surface area contributed by atoms with Crippen LogP contribution in [0.3, 0.4) is 0 Å². The first-order chi connectivity index (χ1) is 28.3. The van der Waals surface area contributed by atoms with E-state index in [2.05, 4.69) is 189 Å². The Bertz CT molecular complexity index is 3500. The van der Waals surface area contributed by atoms with Gasteiger partial charge in [-0.2, -0.15) is 0 Å². The maximum atomic E-state index is 5.16. The third-order valence-electron chi connectivity index (χ3n) is 11.3. The highest BCUT2D eigenvalue weighted by molar-refractivity contribution is 6.11. The summed E-state index contributed by atoms with van der Waals surface area (Å²) in [6.45, 7) is 0. The lowest BCUT2D eigenvalue weighted by Crippen LogP contribution is -1.97. The van der Waals surface area contributed by atoms with E-state index in [0.29, 0.717) is 5.82 Å². The number of hydrogen-bond acceptors (Lipinski definition) is 3. The van der Waals surface area contributed by atoms with Gasteiger partial charge < -0.3 is 4.57 Å². The van der Waals surface area contributed by atoms with Gasteiger partial charge in [0.2, 0.25) is 5.78 Å². The molecule has 4 heterocycles. The van der Waals surface area contributed by atoms with Gasteiger partial charge in [0.25, 0.3) is 0 Å². The third-order valence-corrected chi connectivity index (χ3v) is 11.3. The molecule has 6 heteroatoms. The van der Waals surface area contributed by atoms with Crippen molar-refractivity contribution in [1.29, 1.82) is 0 Å². The molecule has 12 rings (SSSR count). The minimum absolute atomic E-state index is 0.709. The van der Waals surface area contributed by atoms with Gasteiger partial charge in [0.15, 0.2) is 5.82 Å². The van der Waals surface area contributed by atoms with Crippen LogP contribution < -0.4 is 0 Å². The molecule has 0 amide bonds. The van der Waals surface area contributed by atoms with E-state index in [4.69, 9.17) is 15.0 Å². The fourth-order valence-corrected chi connectivity index (χ4v) is 8.70. The van der Waals surface area contributed by atoms with Crippen LogP contribution in [-0.2, 0) is 0 Å². The van der Waals surface area contributed by atoms with Crippen LogP contribution in [0.5, 0.6) is 0 Å². The van der Waals surface area contributed by atoms with Gasteiger partial charge >= 0.3 is 0 Å². The zero-order chi connectivity index (χ0) is 37.5. The summed E-state index contributed by atoms with van der Waals surface area (Å²) in [7, 11) is 0. The molecule has 0 aliphatic carbocycles. The minimum atomic E-state index is 0.709. The molecule has 12 aromatic rings. The van der Waals surface area contributed by atoms with E-state index in [1.807, 2.05) is 18.2 Å². The second-order valence-corrected chi connectivity index (χ2v) is 14.5. The van der Waals surface area contributed by atoms with Crippen molar-refractivity contribution in [2.45, 2.75) is 0 Å². The summed E-state index contributed by atoms with van der Waals surface area (Å²) < 4.78 is 6.96. The highest BCUT2D eigenvalue weighted by Gasteiger charge is 2.21. The van der Waals surface area contributed by atoms with E-state index in [9.17, 15) is 0 Å². The zero-order valence-electron chi connectivity index (χ0n) is 30.7. The quantitative estimate of drug-likeness (QED) is 0.177. The summed E-state index contributed by atoms with van der Waals surface area (Å²) >= 11 is 0. The molecule has 266 valence electrons. The van der Waals surface area contributed by atoms with Crippen molar-refractivity contribution in [2.24, 2.45) is 0 Å². The van der Waals surface area contributed by atoms with Gasteiger partial charge in [-0.05, 0) is 84.4 Å². The van der Waals surface area contributed by atoms with Crippen molar-refractivity contribution in [1.82, 2.24) is 28.5 Å². The Labute approximate surface area is 327 Å². The lowest BCUT2D eigenvalue weighted by molar-refractivity contribution is 1.11. The average molecular weight is 729 g/mol. The standard InChI is InChI=1S/C51H32N6/c1-3-14-33(15-4-1)48-40-19-7-9-21-42(40)52-50(54-48)34-26-29-37(30-27-34)55-44-23-11-8-18-39(44)41-32-35(28-31-45(41)55)38-20-13-25-47-49(38)57-46-24-12-10-22-43(46)53-51(57)56(47)36-16-5-2-6-17-36/h1-32H. The van der Waals surface area contributed by atoms with Crippen LogP contribution >= 0.6 is 0 Å². The van der Waals surface area contributed by atoms with Gasteiger partial charge in [0.05, 0.1) is 44.3 Å². The first kappa shape index (κ1) is 31.5. The normalized spacial score (nSPS) is 11.9. The number of benzene rings is 8. The molecule has 8 aromatic carbocycles. The summed E-state index contributed by atoms with van der Waals surface area (Å²) in [6.07, 6.45) is 0. The molecule has 0 unspecified atom stereocenters. The molecule has 0 aliphatic rings. The van der Waals surface area contributed by atoms with Gasteiger partial charge in [0.1, 0.15) is 0 Å². The number of aromatic nitrogens is 6. The lowest BCUT2D eigenvalue weighted by Gasteiger charge is -2.11. The van der Waals surface area contributed by atoms with Gasteiger partial charge in [-0.25, -0.2) is 15.0 Å². The monoisotopic (exact) mass is 728 g/mol. The van der Waals surface area contributed by atoms with E-state index in [-0.39, 0.29) is 0 Å². The molecule has 4 aromatic heterocycles. The van der Waals surface area contributed by atoms with E-state index in [0.717, 1.165) is 89.1 Å². The highest BCUT2D eigenvalue weighted by Crippen LogP contribution is 2.40. The van der Waals surface area contributed by atoms with Crippen LogP contribution in [0.2, 0.25) is 0 Å². The molecular weight excluding hydrogens is 697 g/mol. The van der Waals surface area contributed by atoms with Gasteiger partial charge in [-0.15, -0.1) is 0 Å². The SMILES string of the molecule is c1ccc(-c2nc(-c3ccc(-n4c5ccccc5c5cc(-c6cccc7c6n6c8ccccc8nc6n7-c6ccccc6)ccc54)cc3)nc3ccccc23)cc1. The van der Waals surface area contributed by atoms with Crippen LogP contribution in [-0.4, -0.2) is 28.5 Å². The number of rotatable bonds is 5. The Morgan fingerprint density at radius 1 is 0.351 bits per heavy atom. The largest absolute Gasteiger partial charge is 0.309 e. The number of imidazole rings is 2. The summed E-state index contributed by atoms with van der Waals surface area (Å²) in [6, 6.07) is 68.4. The van der Waals surface area contributed by atoms with Crippen molar-refractivity contribution in [3.05, 3.63) is 194 Å². The maximum absolute atomic E-state index is 5.16. The van der Waals surface area contributed by atoms with Crippen molar-refractivity contribution < 1.29 is 0 Å². The van der Waals surface area contributed by atoms with Gasteiger partial charge in [-0.3, -0.25) is 8.97 Å². The molecule has 0 fully saturated rings. The van der Waals surface area contributed by atoms with E-state index in [1.165, 1.54) is 10.8 Å². The molecule has 0 atom stereocenters. The Morgan fingerprint density at radius 3 is 1.81 bits per heavy atom. The molecule has 6 nitrogen and oxygen atoms in total. The molecule has 0 saturated carbocycles. The summed E-state index contributed by atoms with van der Waals surface area (Å²) in [5.74, 6) is 1.61. The smallest absolute Gasteiger partial charge is 0.220 e. The molecule has 0 bridgehead atoms. The topological polar surface area (TPSA) is 52.9 Å². The average Bonchev–Trinajstić information content (AvgIpc) is 3.93. The first-order valence-corrected chi connectivity index (χ1v) is 19.2. The Hall–Kier alpha value is -7.83. The van der Waals surface area contributed by atoms with Crippen LogP contribution in [0.15, 0.2) is 194 Å². The number of fused-ring (bicyclic) bond motifs is 9. The number of para-hydroxylation sites is 6. The highest BCUT2D eigenvalue weighted by atomic mass is 15.2. The van der Waals surface area contributed by atoms with E-state index in [1.54, 1.807) is 0 Å². The summed E-state index contributed by atoms with van der Waals surface area (Å²) in [5.41, 5.74) is 15.0. The molecule has 0 aliphatic heterocycles. The molecule has 0 radical (unpaired) electrons. The number of hydrogen-bond donors (Lipinski definition) is 0. The van der Waals surface area contributed by atoms with Crippen molar-refractivity contribution in [3.8, 4) is 45.1 Å². The fraction of sp³-hybridized carbons (Fsp3) is 0. The second-order valence-electron chi connectivity index (χ2n) is 14.5. The van der Waals surface area contributed by atoms with Crippen molar-refractivity contribution >= 4 is 60.6 Å². The minimum Gasteiger partial charge on any atom is -0.309 e. The molecular formula is C51H32N6. The predicted molar refractivity (Wildman–Crippen MR) is 233 cm³/mol. The third kappa shape index (κ3) is 4.81. The van der Waals surface area contributed by atoms with Crippen LogP contribution in [0.4, 0.5) is 0 Å². The van der Waals surface area contributed by atoms with Crippen molar-refractivity contribution in [2.75, 3.05) is 0 Å². The Balaban J connectivity index is 1.02. The maximum Gasteiger partial charge on any atom is 0.220 e. The number of nitrogens with zero attached hydrogens (tertiary/aromatic N) is 6. The van der Waals surface area contributed by atoms with Gasteiger partial charge in [0, 0.05) is 44.2 Å². The second kappa shape index (κ2) is 12.3. The van der Waals surface area contributed by atoms with Crippen LogP contribution in [0, 0.1) is 0 Å². The molecule has 0 N–H and O–H groups in total. The van der Waals surface area contributed by atoms with Crippen LogP contribution in [0.1, 0.15) is 0 Å². The van der Waals surface area contributed by atoms with Crippen molar-refractivity contribution in [3.63, 3.8) is 0 Å².